The van der Waals surface area contributed by atoms with E-state index in [1.54, 1.807) is 48.7 Å². The van der Waals surface area contributed by atoms with Crippen LogP contribution in [-0.4, -0.2) is 25.9 Å². The Hall–Kier alpha value is -3.81. The zero-order chi connectivity index (χ0) is 17.9. The van der Waals surface area contributed by atoms with Gasteiger partial charge >= 0.3 is 0 Å². The van der Waals surface area contributed by atoms with E-state index in [0.29, 0.717) is 22.5 Å². The third kappa shape index (κ3) is 3.07. The fourth-order valence-corrected chi connectivity index (χ4v) is 2.61. The molecule has 128 valence electrons. The normalized spacial score (nSPS) is 10.8. The van der Waals surface area contributed by atoms with Crippen LogP contribution in [0.5, 0.6) is 0 Å². The second-order valence-electron chi connectivity index (χ2n) is 5.57. The Morgan fingerprint density at radius 1 is 1.15 bits per heavy atom. The average molecular weight is 347 g/mol. The van der Waals surface area contributed by atoms with Crippen molar-refractivity contribution in [2.75, 3.05) is 5.32 Å². The summed E-state index contributed by atoms with van der Waals surface area (Å²) in [4.78, 5) is 24.7. The Bertz CT molecular complexity index is 1130. The largest absolute Gasteiger partial charge is 0.423 e. The molecule has 0 aliphatic rings. The Balaban J connectivity index is 1.54. The maximum absolute atomic E-state index is 12.4. The van der Waals surface area contributed by atoms with Gasteiger partial charge in [0.15, 0.2) is 0 Å². The molecule has 0 bridgehead atoms. The van der Waals surface area contributed by atoms with Crippen molar-refractivity contribution in [2.45, 2.75) is 6.54 Å². The fourth-order valence-electron chi connectivity index (χ4n) is 2.61. The van der Waals surface area contributed by atoms with Crippen molar-refractivity contribution < 1.29 is 9.21 Å². The smallest absolute Gasteiger partial charge is 0.275 e. The lowest BCUT2D eigenvalue weighted by Gasteiger charge is -2.08. The Morgan fingerprint density at radius 2 is 2.04 bits per heavy atom. The summed E-state index contributed by atoms with van der Waals surface area (Å²) >= 11 is 0. The maximum Gasteiger partial charge on any atom is 0.275 e. The van der Waals surface area contributed by atoms with Crippen LogP contribution in [0.1, 0.15) is 0 Å². The zero-order valence-electron chi connectivity index (χ0n) is 13.5. The molecule has 4 aromatic rings. The van der Waals surface area contributed by atoms with Gasteiger partial charge in [-0.25, -0.2) is 4.68 Å². The second kappa shape index (κ2) is 6.60. The van der Waals surface area contributed by atoms with Crippen LogP contribution >= 0.6 is 0 Å². The molecule has 0 radical (unpaired) electrons. The summed E-state index contributed by atoms with van der Waals surface area (Å²) < 4.78 is 6.28. The van der Waals surface area contributed by atoms with Gasteiger partial charge in [-0.05, 0) is 24.3 Å². The van der Waals surface area contributed by atoms with E-state index < -0.39 is 0 Å². The molecule has 2 aromatic heterocycles. The molecule has 0 spiro atoms. The molecule has 0 saturated heterocycles. The van der Waals surface area contributed by atoms with Crippen molar-refractivity contribution in [1.29, 1.82) is 0 Å². The van der Waals surface area contributed by atoms with Crippen molar-refractivity contribution in [2.24, 2.45) is 0 Å². The van der Waals surface area contributed by atoms with Crippen LogP contribution in [0.15, 0.2) is 70.3 Å². The number of anilines is 1. The number of amides is 1. The summed E-state index contributed by atoms with van der Waals surface area (Å²) in [6.45, 7) is -0.186. The molecule has 26 heavy (non-hydrogen) atoms. The van der Waals surface area contributed by atoms with E-state index in [-0.39, 0.29) is 18.0 Å². The number of nitrogens with one attached hydrogen (secondary N) is 1. The van der Waals surface area contributed by atoms with Crippen molar-refractivity contribution in [1.82, 2.24) is 20.0 Å². The van der Waals surface area contributed by atoms with Crippen molar-refractivity contribution in [3.8, 4) is 11.5 Å². The lowest BCUT2D eigenvalue weighted by atomic mass is 10.2. The number of carbonyl (C=O) groups excluding carboxylic acids is 1. The number of hydrogen-bond acceptors (Lipinski definition) is 6. The second-order valence-corrected chi connectivity index (χ2v) is 5.57. The summed E-state index contributed by atoms with van der Waals surface area (Å²) in [5.41, 5.74) is 0.929. The average Bonchev–Trinajstić information content (AvgIpc) is 3.19. The van der Waals surface area contributed by atoms with Crippen molar-refractivity contribution >= 4 is 22.4 Å². The molecule has 8 heteroatoms. The summed E-state index contributed by atoms with van der Waals surface area (Å²) in [6, 6.07) is 14.1. The van der Waals surface area contributed by atoms with Gasteiger partial charge in [0.25, 0.3) is 5.56 Å². The van der Waals surface area contributed by atoms with Gasteiger partial charge in [-0.1, -0.05) is 24.3 Å². The fraction of sp³-hybridized carbons (Fsp3) is 0.0556. The highest BCUT2D eigenvalue weighted by Crippen LogP contribution is 2.20. The Morgan fingerprint density at radius 3 is 2.88 bits per heavy atom. The van der Waals surface area contributed by atoms with Crippen LogP contribution in [0.25, 0.3) is 22.2 Å². The highest BCUT2D eigenvalue weighted by molar-refractivity contribution is 5.91. The predicted octanol–water partition coefficient (Wildman–Crippen LogP) is 2.09. The molecule has 0 saturated carbocycles. The SMILES string of the molecule is O=C(Cn1ncc2ccccc2c1=O)Nc1cccc(-c2nnco2)c1. The summed E-state index contributed by atoms with van der Waals surface area (Å²) in [5, 5.41) is 15.5. The molecular formula is C18H13N5O3. The van der Waals surface area contributed by atoms with Crippen LogP contribution in [0, 0.1) is 0 Å². The van der Waals surface area contributed by atoms with Gasteiger partial charge in [-0.2, -0.15) is 5.10 Å². The molecule has 2 heterocycles. The molecule has 0 atom stereocenters. The van der Waals surface area contributed by atoms with E-state index in [1.165, 1.54) is 6.39 Å². The van der Waals surface area contributed by atoms with Crippen LogP contribution in [-0.2, 0) is 11.3 Å². The molecule has 4 rings (SSSR count). The lowest BCUT2D eigenvalue weighted by Crippen LogP contribution is -2.29. The number of carbonyl (C=O) groups is 1. The molecule has 0 aliphatic carbocycles. The molecule has 0 fully saturated rings. The third-order valence-corrected chi connectivity index (χ3v) is 3.81. The highest BCUT2D eigenvalue weighted by atomic mass is 16.4. The first kappa shape index (κ1) is 15.7. The third-order valence-electron chi connectivity index (χ3n) is 3.81. The molecule has 2 aromatic carbocycles. The maximum atomic E-state index is 12.4. The lowest BCUT2D eigenvalue weighted by molar-refractivity contribution is -0.117. The quantitative estimate of drug-likeness (QED) is 0.606. The first-order chi connectivity index (χ1) is 12.7. The number of nitrogens with zero attached hydrogens (tertiary/aromatic N) is 4. The monoisotopic (exact) mass is 347 g/mol. The molecule has 1 amide bonds. The van der Waals surface area contributed by atoms with Gasteiger partial charge in [0, 0.05) is 16.6 Å². The summed E-state index contributed by atoms with van der Waals surface area (Å²) in [6.07, 6.45) is 2.80. The summed E-state index contributed by atoms with van der Waals surface area (Å²) in [7, 11) is 0. The van der Waals surface area contributed by atoms with E-state index in [9.17, 15) is 9.59 Å². The number of aromatic nitrogens is 4. The zero-order valence-corrected chi connectivity index (χ0v) is 13.5. The van der Waals surface area contributed by atoms with E-state index in [0.717, 1.165) is 10.1 Å². The van der Waals surface area contributed by atoms with Gasteiger partial charge < -0.3 is 9.73 Å². The Labute approximate surface area is 147 Å². The number of hydrogen-bond donors (Lipinski definition) is 1. The van der Waals surface area contributed by atoms with E-state index in [4.69, 9.17) is 4.42 Å². The van der Waals surface area contributed by atoms with Crippen LogP contribution in [0.3, 0.4) is 0 Å². The van der Waals surface area contributed by atoms with E-state index >= 15 is 0 Å². The molecule has 1 N–H and O–H groups in total. The predicted molar refractivity (Wildman–Crippen MR) is 94.4 cm³/mol. The van der Waals surface area contributed by atoms with Gasteiger partial charge in [-0.3, -0.25) is 9.59 Å². The minimum absolute atomic E-state index is 0.186. The first-order valence-electron chi connectivity index (χ1n) is 7.82. The Kier molecular flexibility index (Phi) is 3.98. The van der Waals surface area contributed by atoms with Crippen molar-refractivity contribution in [3.05, 3.63) is 71.5 Å². The van der Waals surface area contributed by atoms with Gasteiger partial charge in [0.05, 0.1) is 11.6 Å². The summed E-state index contributed by atoms with van der Waals surface area (Å²) in [5.74, 6) is -0.00826. The van der Waals surface area contributed by atoms with Gasteiger partial charge in [0.2, 0.25) is 18.2 Å². The number of rotatable bonds is 4. The van der Waals surface area contributed by atoms with Crippen LogP contribution in [0.4, 0.5) is 5.69 Å². The minimum atomic E-state index is -0.363. The standard InChI is InChI=1S/C18H13N5O3/c24-16(10-23-18(25)15-7-2-1-4-13(15)9-20-23)21-14-6-3-5-12(8-14)17-22-19-11-26-17/h1-9,11H,10H2,(H,21,24). The number of fused-ring (bicyclic) bond motifs is 1. The van der Waals surface area contributed by atoms with Gasteiger partial charge in [0.1, 0.15) is 6.54 Å². The van der Waals surface area contributed by atoms with E-state index in [2.05, 4.69) is 20.6 Å². The minimum Gasteiger partial charge on any atom is -0.423 e. The first-order valence-corrected chi connectivity index (χ1v) is 7.82. The molecule has 0 unspecified atom stereocenters. The van der Waals surface area contributed by atoms with Crippen molar-refractivity contribution in [3.63, 3.8) is 0 Å². The number of benzene rings is 2. The highest BCUT2D eigenvalue weighted by Gasteiger charge is 2.10. The van der Waals surface area contributed by atoms with E-state index in [1.807, 2.05) is 6.07 Å². The van der Waals surface area contributed by atoms with Crippen LogP contribution in [0.2, 0.25) is 0 Å². The molecular weight excluding hydrogens is 334 g/mol. The van der Waals surface area contributed by atoms with Crippen LogP contribution < -0.4 is 10.9 Å². The molecule has 0 aliphatic heterocycles. The van der Waals surface area contributed by atoms with Gasteiger partial charge in [-0.15, -0.1) is 10.2 Å². The topological polar surface area (TPSA) is 103 Å². The molecule has 8 nitrogen and oxygen atoms in total.